The molecule has 5 rings (SSSR count). The Morgan fingerprint density at radius 2 is 1.63 bits per heavy atom. The maximum absolute atomic E-state index is 13.3. The molecule has 7 nitrogen and oxygen atoms in total. The number of nitrogens with one attached hydrogen (secondary N) is 1. The van der Waals surface area contributed by atoms with Crippen LogP contribution >= 0.6 is 0 Å². The molecule has 3 aliphatic carbocycles. The van der Waals surface area contributed by atoms with Gasteiger partial charge >= 0.3 is 12.1 Å². The predicted molar refractivity (Wildman–Crippen MR) is 131 cm³/mol. The minimum Gasteiger partial charge on any atom is -0.479 e. The van der Waals surface area contributed by atoms with Gasteiger partial charge < -0.3 is 20.1 Å². The number of fused-ring (bicyclic) bond motifs is 3. The number of nitrogens with zero attached hydrogens (tertiary/aromatic N) is 1. The van der Waals surface area contributed by atoms with Crippen LogP contribution in [0.5, 0.6) is 0 Å². The predicted octanol–water partition coefficient (Wildman–Crippen LogP) is 4.41. The Morgan fingerprint density at radius 3 is 2.11 bits per heavy atom. The topological polar surface area (TPSA) is 95.9 Å². The third-order valence-corrected chi connectivity index (χ3v) is 8.40. The molecule has 184 valence electrons. The van der Waals surface area contributed by atoms with Crippen LogP contribution in [0.2, 0.25) is 0 Å². The van der Waals surface area contributed by atoms with Gasteiger partial charge in [-0.25, -0.2) is 9.59 Å². The lowest BCUT2D eigenvalue weighted by molar-refractivity contribution is -0.167. The quantitative estimate of drug-likeness (QED) is 0.589. The fourth-order valence-corrected chi connectivity index (χ4v) is 5.80. The van der Waals surface area contributed by atoms with Gasteiger partial charge in [0.05, 0.1) is 5.92 Å². The smallest absolute Gasteiger partial charge is 0.407 e. The Kier molecular flexibility index (Phi) is 6.26. The molecule has 0 saturated heterocycles. The zero-order valence-corrected chi connectivity index (χ0v) is 20.0. The molecule has 1 unspecified atom stereocenters. The highest BCUT2D eigenvalue weighted by atomic mass is 16.5. The number of benzene rings is 2. The first-order valence-electron chi connectivity index (χ1n) is 12.5. The van der Waals surface area contributed by atoms with E-state index in [1.807, 2.05) is 24.3 Å². The van der Waals surface area contributed by atoms with Crippen molar-refractivity contribution < 1.29 is 24.2 Å². The molecule has 35 heavy (non-hydrogen) atoms. The number of hydrogen-bond donors (Lipinski definition) is 2. The van der Waals surface area contributed by atoms with Crippen molar-refractivity contribution in [1.82, 2.24) is 10.2 Å². The number of carboxylic acids is 1. The summed E-state index contributed by atoms with van der Waals surface area (Å²) in [5.41, 5.74) is 3.51. The van der Waals surface area contributed by atoms with E-state index in [1.165, 1.54) is 16.0 Å². The van der Waals surface area contributed by atoms with E-state index in [2.05, 4.69) is 29.6 Å². The van der Waals surface area contributed by atoms with E-state index in [4.69, 9.17) is 4.74 Å². The van der Waals surface area contributed by atoms with E-state index < -0.39 is 23.5 Å². The number of hydrogen-bond acceptors (Lipinski definition) is 4. The molecule has 2 saturated carbocycles. The van der Waals surface area contributed by atoms with Crippen LogP contribution in [0.4, 0.5) is 4.79 Å². The van der Waals surface area contributed by atoms with Crippen LogP contribution < -0.4 is 5.32 Å². The maximum Gasteiger partial charge on any atom is 0.407 e. The SMILES string of the molecule is CN(C(=O)C(CNC(=O)OCC1c2ccccc2-c2ccccc21)C1CCC1)C1(C(=O)O)CCC1. The zero-order valence-electron chi connectivity index (χ0n) is 20.0. The summed E-state index contributed by atoms with van der Waals surface area (Å²) < 4.78 is 5.63. The lowest BCUT2D eigenvalue weighted by Crippen LogP contribution is -2.62. The molecular formula is C28H32N2O5. The van der Waals surface area contributed by atoms with Gasteiger partial charge in [-0.1, -0.05) is 55.0 Å². The second-order valence-corrected chi connectivity index (χ2v) is 10.1. The van der Waals surface area contributed by atoms with Crippen molar-refractivity contribution in [2.24, 2.45) is 11.8 Å². The molecule has 0 heterocycles. The van der Waals surface area contributed by atoms with Crippen LogP contribution in [0, 0.1) is 11.8 Å². The van der Waals surface area contributed by atoms with Crippen LogP contribution in [0.3, 0.4) is 0 Å². The summed E-state index contributed by atoms with van der Waals surface area (Å²) in [7, 11) is 1.59. The van der Waals surface area contributed by atoms with Gasteiger partial charge in [0.2, 0.25) is 5.91 Å². The number of carbonyl (C=O) groups is 3. The average Bonchev–Trinajstić information content (AvgIpc) is 3.11. The molecule has 0 spiro atoms. The number of carboxylic acid groups (broad SMARTS) is 1. The molecule has 0 radical (unpaired) electrons. The number of likely N-dealkylation sites (N-methyl/N-ethyl adjacent to an activating group) is 1. The van der Waals surface area contributed by atoms with Crippen molar-refractivity contribution in [2.45, 2.75) is 50.0 Å². The van der Waals surface area contributed by atoms with Crippen LogP contribution in [-0.4, -0.2) is 53.7 Å². The van der Waals surface area contributed by atoms with E-state index in [-0.39, 0.29) is 30.9 Å². The van der Waals surface area contributed by atoms with Gasteiger partial charge in [0, 0.05) is 19.5 Å². The first kappa shape index (κ1) is 23.4. The van der Waals surface area contributed by atoms with Gasteiger partial charge in [0.15, 0.2) is 0 Å². The fraction of sp³-hybridized carbons (Fsp3) is 0.464. The summed E-state index contributed by atoms with van der Waals surface area (Å²) in [5, 5.41) is 12.5. The third-order valence-electron chi connectivity index (χ3n) is 8.40. The van der Waals surface area contributed by atoms with Gasteiger partial charge in [-0.3, -0.25) is 4.79 Å². The number of amides is 2. The summed E-state index contributed by atoms with van der Waals surface area (Å²) in [6.07, 6.45) is 4.07. The second-order valence-electron chi connectivity index (χ2n) is 10.1. The van der Waals surface area contributed by atoms with E-state index in [0.29, 0.717) is 12.8 Å². The number of rotatable bonds is 8. The van der Waals surface area contributed by atoms with E-state index >= 15 is 0 Å². The molecule has 0 bridgehead atoms. The summed E-state index contributed by atoms with van der Waals surface area (Å²) in [5.74, 6) is -1.46. The Hall–Kier alpha value is -3.35. The van der Waals surface area contributed by atoms with Crippen molar-refractivity contribution in [2.75, 3.05) is 20.2 Å². The lowest BCUT2D eigenvalue weighted by Gasteiger charge is -2.47. The van der Waals surface area contributed by atoms with E-state index in [0.717, 1.165) is 36.8 Å². The molecule has 1 atom stereocenters. The number of carbonyl (C=O) groups excluding carboxylic acids is 2. The molecule has 0 aromatic heterocycles. The number of aliphatic carboxylic acids is 1. The Morgan fingerprint density at radius 1 is 1.03 bits per heavy atom. The van der Waals surface area contributed by atoms with Crippen molar-refractivity contribution in [3.8, 4) is 11.1 Å². The molecule has 3 aliphatic rings. The highest BCUT2D eigenvalue weighted by Gasteiger charge is 2.51. The highest BCUT2D eigenvalue weighted by molar-refractivity contribution is 5.89. The van der Waals surface area contributed by atoms with Crippen molar-refractivity contribution >= 4 is 18.0 Å². The zero-order chi connectivity index (χ0) is 24.6. The van der Waals surface area contributed by atoms with Gasteiger partial charge in [-0.15, -0.1) is 0 Å². The first-order chi connectivity index (χ1) is 16.9. The van der Waals surface area contributed by atoms with E-state index in [9.17, 15) is 19.5 Å². The number of alkyl carbamates (subject to hydrolysis) is 1. The molecule has 2 aromatic carbocycles. The maximum atomic E-state index is 13.3. The normalized spacial score (nSPS) is 18.9. The summed E-state index contributed by atoms with van der Waals surface area (Å²) in [6, 6.07) is 16.3. The fourth-order valence-electron chi connectivity index (χ4n) is 5.80. The minimum absolute atomic E-state index is 0.0302. The summed E-state index contributed by atoms with van der Waals surface area (Å²) >= 11 is 0. The molecule has 2 N–H and O–H groups in total. The van der Waals surface area contributed by atoms with Gasteiger partial charge in [-0.2, -0.15) is 0 Å². The largest absolute Gasteiger partial charge is 0.479 e. The van der Waals surface area contributed by atoms with Crippen molar-refractivity contribution in [3.63, 3.8) is 0 Å². The van der Waals surface area contributed by atoms with Crippen LogP contribution in [-0.2, 0) is 14.3 Å². The Bertz CT molecular complexity index is 1090. The van der Waals surface area contributed by atoms with Crippen LogP contribution in [0.25, 0.3) is 11.1 Å². The molecule has 2 amide bonds. The minimum atomic E-state index is -1.11. The van der Waals surface area contributed by atoms with Crippen molar-refractivity contribution in [3.05, 3.63) is 59.7 Å². The molecule has 2 fully saturated rings. The molecular weight excluding hydrogens is 444 g/mol. The summed E-state index contributed by atoms with van der Waals surface area (Å²) in [4.78, 5) is 39.3. The second kappa shape index (κ2) is 9.36. The van der Waals surface area contributed by atoms with Gasteiger partial charge in [-0.05, 0) is 60.3 Å². The van der Waals surface area contributed by atoms with Gasteiger partial charge in [0.1, 0.15) is 12.1 Å². The Labute approximate surface area is 205 Å². The first-order valence-corrected chi connectivity index (χ1v) is 12.5. The highest BCUT2D eigenvalue weighted by Crippen LogP contribution is 2.44. The third kappa shape index (κ3) is 4.07. The monoisotopic (exact) mass is 476 g/mol. The van der Waals surface area contributed by atoms with Gasteiger partial charge in [0.25, 0.3) is 0 Å². The van der Waals surface area contributed by atoms with Crippen LogP contribution in [0.1, 0.15) is 55.6 Å². The summed E-state index contributed by atoms with van der Waals surface area (Å²) in [6.45, 7) is 0.365. The standard InChI is InChI=1S/C28H32N2O5/c1-30(28(26(32)33)14-7-15-28)25(31)23(18-8-6-9-18)16-29-27(34)35-17-24-21-12-4-2-10-19(21)20-11-3-5-13-22(20)24/h2-5,10-13,18,23-24H,6-9,14-17H2,1H3,(H,29,34)(H,32,33). The lowest BCUT2D eigenvalue weighted by atomic mass is 9.72. The molecule has 7 heteroatoms. The molecule has 0 aliphatic heterocycles. The number of ether oxygens (including phenoxy) is 1. The van der Waals surface area contributed by atoms with Crippen molar-refractivity contribution in [1.29, 1.82) is 0 Å². The Balaban J connectivity index is 1.22. The van der Waals surface area contributed by atoms with E-state index in [1.54, 1.807) is 7.05 Å². The van der Waals surface area contributed by atoms with Crippen LogP contribution in [0.15, 0.2) is 48.5 Å². The molecule has 2 aromatic rings. The average molecular weight is 477 g/mol.